The molecule has 4 rings (SSSR count). The third-order valence-corrected chi connectivity index (χ3v) is 5.34. The number of nitrogens with one attached hydrogen (secondary N) is 1. The lowest BCUT2D eigenvalue weighted by atomic mass is 10.1. The van der Waals surface area contributed by atoms with Gasteiger partial charge in [-0.3, -0.25) is 4.72 Å². The Hall–Kier alpha value is -3.52. The number of carbonyl (C=O) groups excluding carboxylic acids is 1. The average Bonchev–Trinajstić information content (AvgIpc) is 3.05. The number of sulfonamides is 1. The molecule has 31 heavy (non-hydrogen) atoms. The Labute approximate surface area is 180 Å². The van der Waals surface area contributed by atoms with E-state index < -0.39 is 10.0 Å². The summed E-state index contributed by atoms with van der Waals surface area (Å²) < 4.78 is 38.5. The molecule has 2 heterocycles. The number of hydrogen-bond acceptors (Lipinski definition) is 5. The molecule has 1 N–H and O–H groups in total. The molecule has 0 radical (unpaired) electrons. The number of fused-ring (bicyclic) bond motifs is 3. The van der Waals surface area contributed by atoms with Crippen molar-refractivity contribution in [2.24, 2.45) is 0 Å². The van der Waals surface area contributed by atoms with Gasteiger partial charge in [0.1, 0.15) is 12.4 Å². The Balaban J connectivity index is 1.64. The molecular formula is C23H22N2O5S. The first-order valence-corrected chi connectivity index (χ1v) is 11.6. The Morgan fingerprint density at radius 3 is 2.65 bits per heavy atom. The van der Waals surface area contributed by atoms with Crippen LogP contribution in [0.25, 0.3) is 16.4 Å². The van der Waals surface area contributed by atoms with Gasteiger partial charge in [-0.05, 0) is 48.9 Å². The van der Waals surface area contributed by atoms with Crippen LogP contribution in [0.3, 0.4) is 0 Å². The number of rotatable bonds is 7. The molecule has 0 spiro atoms. The van der Waals surface area contributed by atoms with E-state index in [1.807, 2.05) is 53.1 Å². The van der Waals surface area contributed by atoms with Gasteiger partial charge in [-0.25, -0.2) is 13.2 Å². The molecule has 8 heteroatoms. The molecular weight excluding hydrogens is 416 g/mol. The Bertz CT molecular complexity index is 1380. The summed E-state index contributed by atoms with van der Waals surface area (Å²) in [7, 11) is -3.35. The van der Waals surface area contributed by atoms with E-state index in [0.717, 1.165) is 28.2 Å². The third kappa shape index (κ3) is 4.49. The van der Waals surface area contributed by atoms with Crippen LogP contribution < -0.4 is 9.46 Å². The first-order valence-electron chi connectivity index (χ1n) is 9.75. The van der Waals surface area contributed by atoms with Gasteiger partial charge in [-0.15, -0.1) is 0 Å². The number of carbonyl (C=O) groups is 1. The van der Waals surface area contributed by atoms with Crippen LogP contribution in [0.1, 0.15) is 22.8 Å². The van der Waals surface area contributed by atoms with E-state index >= 15 is 0 Å². The van der Waals surface area contributed by atoms with Crippen LogP contribution in [0, 0.1) is 0 Å². The van der Waals surface area contributed by atoms with Crippen molar-refractivity contribution in [2.45, 2.75) is 13.5 Å². The molecule has 0 aliphatic carbocycles. The van der Waals surface area contributed by atoms with E-state index in [9.17, 15) is 13.2 Å². The summed E-state index contributed by atoms with van der Waals surface area (Å²) in [5.74, 6) is 0.276. The molecule has 0 amide bonds. The minimum absolute atomic E-state index is 0.263. The van der Waals surface area contributed by atoms with Crippen LogP contribution in [-0.2, 0) is 21.4 Å². The summed E-state index contributed by atoms with van der Waals surface area (Å²) in [6, 6.07) is 18.2. The van der Waals surface area contributed by atoms with Gasteiger partial charge in [0.2, 0.25) is 10.0 Å². The molecule has 0 saturated heterocycles. The Kier molecular flexibility index (Phi) is 5.56. The highest BCUT2D eigenvalue weighted by Crippen LogP contribution is 2.30. The summed E-state index contributed by atoms with van der Waals surface area (Å²) >= 11 is 0. The lowest BCUT2D eigenvalue weighted by Gasteiger charge is -2.09. The molecule has 2 aromatic heterocycles. The number of benzene rings is 2. The largest absolute Gasteiger partial charge is 0.489 e. The zero-order chi connectivity index (χ0) is 22.0. The number of ether oxygens (including phenoxy) is 2. The van der Waals surface area contributed by atoms with Gasteiger partial charge in [-0.1, -0.05) is 18.2 Å². The Morgan fingerprint density at radius 2 is 1.87 bits per heavy atom. The number of nitrogens with zero attached hydrogens (tertiary/aromatic N) is 1. The predicted molar refractivity (Wildman–Crippen MR) is 120 cm³/mol. The maximum atomic E-state index is 12.5. The van der Waals surface area contributed by atoms with Crippen LogP contribution in [-0.4, -0.2) is 31.7 Å². The number of hydrogen-bond donors (Lipinski definition) is 1. The second-order valence-corrected chi connectivity index (χ2v) is 8.84. The second kappa shape index (κ2) is 8.31. The molecule has 0 aliphatic rings. The summed E-state index contributed by atoms with van der Waals surface area (Å²) in [4.78, 5) is 12.5. The zero-order valence-corrected chi connectivity index (χ0v) is 18.0. The van der Waals surface area contributed by atoms with Crippen molar-refractivity contribution in [1.29, 1.82) is 0 Å². The highest BCUT2D eigenvalue weighted by atomic mass is 32.2. The quantitative estimate of drug-likeness (QED) is 0.437. The predicted octanol–water partition coefficient (Wildman–Crippen LogP) is 4.22. The van der Waals surface area contributed by atoms with Gasteiger partial charge in [-0.2, -0.15) is 0 Å². The molecule has 0 unspecified atom stereocenters. The fraction of sp³-hybridized carbons (Fsp3) is 0.174. The smallest absolute Gasteiger partial charge is 0.340 e. The number of esters is 1. The fourth-order valence-electron chi connectivity index (χ4n) is 3.53. The maximum Gasteiger partial charge on any atom is 0.340 e. The van der Waals surface area contributed by atoms with E-state index in [1.54, 1.807) is 25.1 Å². The van der Waals surface area contributed by atoms with Crippen molar-refractivity contribution >= 4 is 38.1 Å². The molecule has 0 fully saturated rings. The summed E-state index contributed by atoms with van der Waals surface area (Å²) in [5.41, 5.74) is 3.44. The van der Waals surface area contributed by atoms with E-state index in [4.69, 9.17) is 9.47 Å². The first-order chi connectivity index (χ1) is 14.9. The lowest BCUT2D eigenvalue weighted by Crippen LogP contribution is -2.09. The topological polar surface area (TPSA) is 86.1 Å². The number of aromatic nitrogens is 1. The summed E-state index contributed by atoms with van der Waals surface area (Å²) in [6.45, 7) is 2.35. The van der Waals surface area contributed by atoms with Crippen molar-refractivity contribution in [3.05, 3.63) is 78.0 Å². The van der Waals surface area contributed by atoms with Crippen molar-refractivity contribution in [2.75, 3.05) is 17.6 Å². The van der Waals surface area contributed by atoms with Crippen molar-refractivity contribution < 1.29 is 22.7 Å². The van der Waals surface area contributed by atoms with E-state index in [0.29, 0.717) is 23.6 Å². The number of anilines is 1. The minimum Gasteiger partial charge on any atom is -0.489 e. The van der Waals surface area contributed by atoms with E-state index in [-0.39, 0.29) is 12.6 Å². The normalized spacial score (nSPS) is 11.5. The molecule has 0 atom stereocenters. The van der Waals surface area contributed by atoms with Gasteiger partial charge in [0.25, 0.3) is 0 Å². The molecule has 160 valence electrons. The Morgan fingerprint density at radius 1 is 1.03 bits per heavy atom. The fourth-order valence-corrected chi connectivity index (χ4v) is 4.09. The van der Waals surface area contributed by atoms with Crippen LogP contribution in [0.5, 0.6) is 5.75 Å². The van der Waals surface area contributed by atoms with Crippen LogP contribution >= 0.6 is 0 Å². The highest BCUT2D eigenvalue weighted by molar-refractivity contribution is 7.92. The van der Waals surface area contributed by atoms with Gasteiger partial charge < -0.3 is 13.9 Å². The van der Waals surface area contributed by atoms with Crippen LogP contribution in [0.4, 0.5) is 5.69 Å². The molecule has 4 aromatic rings. The molecule has 0 saturated carbocycles. The van der Waals surface area contributed by atoms with Gasteiger partial charge in [0.05, 0.1) is 29.5 Å². The van der Waals surface area contributed by atoms with Crippen LogP contribution in [0.2, 0.25) is 0 Å². The van der Waals surface area contributed by atoms with Crippen molar-refractivity contribution in [1.82, 2.24) is 4.40 Å². The van der Waals surface area contributed by atoms with E-state index in [1.165, 1.54) is 0 Å². The van der Waals surface area contributed by atoms with Gasteiger partial charge in [0.15, 0.2) is 0 Å². The molecule has 2 aromatic carbocycles. The van der Waals surface area contributed by atoms with Crippen molar-refractivity contribution in [3.63, 3.8) is 0 Å². The number of pyridine rings is 1. The van der Waals surface area contributed by atoms with Gasteiger partial charge in [0, 0.05) is 23.3 Å². The van der Waals surface area contributed by atoms with Gasteiger partial charge >= 0.3 is 5.97 Å². The monoisotopic (exact) mass is 438 g/mol. The molecule has 0 bridgehead atoms. The molecule has 7 nitrogen and oxygen atoms in total. The van der Waals surface area contributed by atoms with Crippen molar-refractivity contribution in [3.8, 4) is 5.75 Å². The second-order valence-electron chi connectivity index (χ2n) is 7.09. The SMILES string of the molecule is CCOC(=O)c1c2ccc(OCc3cccc(NS(C)(=O)=O)c3)cc2n2ccccc12. The third-order valence-electron chi connectivity index (χ3n) is 4.73. The zero-order valence-electron chi connectivity index (χ0n) is 17.2. The lowest BCUT2D eigenvalue weighted by molar-refractivity contribution is 0.0531. The van der Waals surface area contributed by atoms with Crippen LogP contribution in [0.15, 0.2) is 66.9 Å². The standard InChI is InChI=1S/C23H22N2O5S/c1-3-29-23(26)22-19-11-10-18(14-21(19)25-12-5-4-9-20(22)25)30-15-16-7-6-8-17(13-16)24-31(2,27)28/h4-14,24H,3,15H2,1-2H3. The molecule has 0 aliphatic heterocycles. The minimum atomic E-state index is -3.35. The highest BCUT2D eigenvalue weighted by Gasteiger charge is 2.19. The summed E-state index contributed by atoms with van der Waals surface area (Å²) in [6.07, 6.45) is 3.00. The summed E-state index contributed by atoms with van der Waals surface area (Å²) in [5, 5.41) is 0.788. The average molecular weight is 439 g/mol. The van der Waals surface area contributed by atoms with E-state index in [2.05, 4.69) is 4.72 Å². The first kappa shape index (κ1) is 20.7. The maximum absolute atomic E-state index is 12.5.